The minimum absolute atomic E-state index is 0.318. The Labute approximate surface area is 95.1 Å². The van der Waals surface area contributed by atoms with Crippen LogP contribution in [-0.4, -0.2) is 26.5 Å². The maximum atomic E-state index is 11.5. The second kappa shape index (κ2) is 6.25. The molecule has 0 bridgehead atoms. The number of carbonyl (C=O) groups excluding carboxylic acids is 1. The first kappa shape index (κ1) is 12.7. The fourth-order valence-electron chi connectivity index (χ4n) is 1.31. The number of rotatable bonds is 5. The molecule has 1 aromatic carbocycles. The molecule has 1 aromatic rings. The van der Waals surface area contributed by atoms with Gasteiger partial charge < -0.3 is 14.2 Å². The molecule has 0 aliphatic heterocycles. The summed E-state index contributed by atoms with van der Waals surface area (Å²) in [5, 5.41) is 0. The zero-order chi connectivity index (χ0) is 12.0. The van der Waals surface area contributed by atoms with Crippen LogP contribution in [0.2, 0.25) is 0 Å². The van der Waals surface area contributed by atoms with Crippen LogP contribution in [-0.2, 0) is 19.0 Å². The summed E-state index contributed by atoms with van der Waals surface area (Å²) in [5.74, 6) is -0.527. The molecule has 0 N–H and O–H groups in total. The van der Waals surface area contributed by atoms with Gasteiger partial charge in [0.1, 0.15) is 6.10 Å². The maximum Gasteiger partial charge on any atom is 0.364 e. The molecule has 4 nitrogen and oxygen atoms in total. The van der Waals surface area contributed by atoms with Gasteiger partial charge in [-0.2, -0.15) is 0 Å². The number of ether oxygens (including phenoxy) is 3. The zero-order valence-corrected chi connectivity index (χ0v) is 9.67. The molecule has 0 aliphatic rings. The van der Waals surface area contributed by atoms with Gasteiger partial charge in [-0.25, -0.2) is 4.79 Å². The predicted molar refractivity (Wildman–Crippen MR) is 58.8 cm³/mol. The average Bonchev–Trinajstić information content (AvgIpc) is 2.31. The standard InChI is InChI=1S/C12H16O4/c1-9(10-7-5-4-6-8-10)16-11(13)12(14-2)15-3/h4-9,12H,1-3H3. The van der Waals surface area contributed by atoms with Gasteiger partial charge in [-0.1, -0.05) is 30.3 Å². The van der Waals surface area contributed by atoms with Crippen LogP contribution in [0.4, 0.5) is 0 Å². The van der Waals surface area contributed by atoms with E-state index in [0.29, 0.717) is 0 Å². The van der Waals surface area contributed by atoms with Gasteiger partial charge in [0.2, 0.25) is 0 Å². The van der Waals surface area contributed by atoms with Crippen LogP contribution < -0.4 is 0 Å². The molecule has 0 saturated heterocycles. The fourth-order valence-corrected chi connectivity index (χ4v) is 1.31. The lowest BCUT2D eigenvalue weighted by Crippen LogP contribution is -2.27. The molecule has 16 heavy (non-hydrogen) atoms. The summed E-state index contributed by atoms with van der Waals surface area (Å²) in [6, 6.07) is 9.48. The van der Waals surface area contributed by atoms with Gasteiger partial charge in [0.25, 0.3) is 6.29 Å². The van der Waals surface area contributed by atoms with Gasteiger partial charge in [-0.05, 0) is 12.5 Å². The molecule has 0 aliphatic carbocycles. The van der Waals surface area contributed by atoms with Gasteiger partial charge in [0, 0.05) is 14.2 Å². The highest BCUT2D eigenvalue weighted by atomic mass is 16.7. The second-order valence-corrected chi connectivity index (χ2v) is 3.29. The Morgan fingerprint density at radius 3 is 2.19 bits per heavy atom. The fraction of sp³-hybridized carbons (Fsp3) is 0.417. The molecule has 0 spiro atoms. The van der Waals surface area contributed by atoms with E-state index in [2.05, 4.69) is 0 Å². The van der Waals surface area contributed by atoms with E-state index in [4.69, 9.17) is 14.2 Å². The summed E-state index contributed by atoms with van der Waals surface area (Å²) in [6.45, 7) is 1.80. The maximum absolute atomic E-state index is 11.5. The average molecular weight is 224 g/mol. The smallest absolute Gasteiger partial charge is 0.364 e. The van der Waals surface area contributed by atoms with Gasteiger partial charge in [-0.3, -0.25) is 0 Å². The van der Waals surface area contributed by atoms with Crippen molar-refractivity contribution in [1.29, 1.82) is 0 Å². The first-order valence-electron chi connectivity index (χ1n) is 5.00. The minimum Gasteiger partial charge on any atom is -0.454 e. The SMILES string of the molecule is COC(OC)C(=O)OC(C)c1ccccc1. The van der Waals surface area contributed by atoms with Crippen LogP contribution in [0.3, 0.4) is 0 Å². The predicted octanol–water partition coefficient (Wildman–Crippen LogP) is 1.91. The van der Waals surface area contributed by atoms with Crippen molar-refractivity contribution in [2.45, 2.75) is 19.3 Å². The lowest BCUT2D eigenvalue weighted by molar-refractivity contribution is -0.188. The Hall–Kier alpha value is -1.39. The highest BCUT2D eigenvalue weighted by Crippen LogP contribution is 2.17. The number of esters is 1. The van der Waals surface area contributed by atoms with E-state index in [9.17, 15) is 4.79 Å². The van der Waals surface area contributed by atoms with Crippen molar-refractivity contribution in [3.8, 4) is 0 Å². The summed E-state index contributed by atoms with van der Waals surface area (Å²) in [7, 11) is 2.78. The molecule has 4 heteroatoms. The third kappa shape index (κ3) is 3.32. The van der Waals surface area contributed by atoms with Crippen molar-refractivity contribution >= 4 is 5.97 Å². The third-order valence-corrected chi connectivity index (χ3v) is 2.18. The zero-order valence-electron chi connectivity index (χ0n) is 9.67. The van der Waals surface area contributed by atoms with E-state index in [-0.39, 0.29) is 6.10 Å². The Balaban J connectivity index is 2.58. The van der Waals surface area contributed by atoms with Gasteiger partial charge in [0.05, 0.1) is 0 Å². The number of hydrogen-bond donors (Lipinski definition) is 0. The molecule has 1 unspecified atom stereocenters. The molecular formula is C12H16O4. The Kier molecular flexibility index (Phi) is 4.95. The van der Waals surface area contributed by atoms with E-state index < -0.39 is 12.3 Å². The molecule has 0 heterocycles. The van der Waals surface area contributed by atoms with Gasteiger partial charge >= 0.3 is 5.97 Å². The van der Waals surface area contributed by atoms with Crippen molar-refractivity contribution in [2.24, 2.45) is 0 Å². The summed E-state index contributed by atoms with van der Waals surface area (Å²) in [4.78, 5) is 11.5. The molecule has 0 saturated carbocycles. The first-order valence-corrected chi connectivity index (χ1v) is 5.00. The van der Waals surface area contributed by atoms with Crippen LogP contribution in [0, 0.1) is 0 Å². The van der Waals surface area contributed by atoms with E-state index in [1.54, 1.807) is 6.92 Å². The van der Waals surface area contributed by atoms with Crippen molar-refractivity contribution in [1.82, 2.24) is 0 Å². The Morgan fingerprint density at radius 1 is 1.12 bits per heavy atom. The lowest BCUT2D eigenvalue weighted by Gasteiger charge is -2.17. The monoisotopic (exact) mass is 224 g/mol. The van der Waals surface area contributed by atoms with Crippen LogP contribution >= 0.6 is 0 Å². The molecular weight excluding hydrogens is 208 g/mol. The molecule has 88 valence electrons. The lowest BCUT2D eigenvalue weighted by atomic mass is 10.1. The summed E-state index contributed by atoms with van der Waals surface area (Å²) >= 11 is 0. The summed E-state index contributed by atoms with van der Waals surface area (Å²) < 4.78 is 14.8. The van der Waals surface area contributed by atoms with Gasteiger partial charge in [0.15, 0.2) is 0 Å². The summed E-state index contributed by atoms with van der Waals surface area (Å²) in [6.07, 6.45) is -1.28. The number of carbonyl (C=O) groups is 1. The highest BCUT2D eigenvalue weighted by molar-refractivity contribution is 5.73. The normalized spacial score (nSPS) is 12.5. The molecule has 1 rings (SSSR count). The number of methoxy groups -OCH3 is 2. The van der Waals surface area contributed by atoms with E-state index >= 15 is 0 Å². The van der Waals surface area contributed by atoms with E-state index in [0.717, 1.165) is 5.56 Å². The van der Waals surface area contributed by atoms with Gasteiger partial charge in [-0.15, -0.1) is 0 Å². The number of benzene rings is 1. The largest absolute Gasteiger partial charge is 0.454 e. The van der Waals surface area contributed by atoms with Crippen LogP contribution in [0.1, 0.15) is 18.6 Å². The molecule has 0 radical (unpaired) electrons. The minimum atomic E-state index is -0.967. The molecule has 1 atom stereocenters. The van der Waals surface area contributed by atoms with Crippen molar-refractivity contribution < 1.29 is 19.0 Å². The second-order valence-electron chi connectivity index (χ2n) is 3.29. The quantitative estimate of drug-likeness (QED) is 0.566. The molecule has 0 aromatic heterocycles. The highest BCUT2D eigenvalue weighted by Gasteiger charge is 2.21. The summed E-state index contributed by atoms with van der Waals surface area (Å²) in [5.41, 5.74) is 0.932. The molecule has 0 amide bonds. The molecule has 0 fully saturated rings. The van der Waals surface area contributed by atoms with E-state index in [1.165, 1.54) is 14.2 Å². The Bertz CT molecular complexity index is 319. The van der Waals surface area contributed by atoms with Crippen molar-refractivity contribution in [3.63, 3.8) is 0 Å². The third-order valence-electron chi connectivity index (χ3n) is 2.18. The topological polar surface area (TPSA) is 44.8 Å². The Morgan fingerprint density at radius 2 is 1.69 bits per heavy atom. The first-order chi connectivity index (χ1) is 7.69. The van der Waals surface area contributed by atoms with Crippen LogP contribution in [0.25, 0.3) is 0 Å². The van der Waals surface area contributed by atoms with Crippen LogP contribution in [0.15, 0.2) is 30.3 Å². The van der Waals surface area contributed by atoms with Crippen molar-refractivity contribution in [2.75, 3.05) is 14.2 Å². The van der Waals surface area contributed by atoms with E-state index in [1.807, 2.05) is 30.3 Å². The number of hydrogen-bond acceptors (Lipinski definition) is 4. The van der Waals surface area contributed by atoms with Crippen molar-refractivity contribution in [3.05, 3.63) is 35.9 Å². The van der Waals surface area contributed by atoms with Crippen LogP contribution in [0.5, 0.6) is 0 Å².